The fraction of sp³-hybridized carbons (Fsp3) is 0.190. The third-order valence-electron chi connectivity index (χ3n) is 4.76. The minimum absolute atomic E-state index is 0.242. The van der Waals surface area contributed by atoms with Gasteiger partial charge in [-0.05, 0) is 46.7 Å². The van der Waals surface area contributed by atoms with Gasteiger partial charge in [0.15, 0.2) is 0 Å². The zero-order valence-electron chi connectivity index (χ0n) is 14.4. The molecule has 0 amide bonds. The zero-order valence-corrected chi connectivity index (χ0v) is 15.9. The van der Waals surface area contributed by atoms with Gasteiger partial charge < -0.3 is 14.2 Å². The summed E-state index contributed by atoms with van der Waals surface area (Å²) in [6, 6.07) is 17.8. The number of halogens is 1. The molecule has 3 aromatic rings. The Kier molecular flexibility index (Phi) is 4.32. The van der Waals surface area contributed by atoms with Crippen LogP contribution in [-0.4, -0.2) is 26.3 Å². The molecule has 1 aliphatic rings. The number of fused-ring (bicyclic) bond motifs is 3. The highest BCUT2D eigenvalue weighted by atomic mass is 79.9. The molecular formula is C21H17BrO4. The summed E-state index contributed by atoms with van der Waals surface area (Å²) in [7, 11) is 3.01. The first-order chi connectivity index (χ1) is 12.6. The number of carbonyl (C=O) groups is 1. The molecule has 0 aromatic heterocycles. The standard InChI is InChI=1S/C21H17BrO4/c1-24-15-7-3-12(4-8-15)18-19-16-9-6-14(22)11-13(16)5-10-17(19)26-20(18)21(23)25-2/h3-11,18,20H,1-2H3/t18-,20-/m0/s1. The Labute approximate surface area is 159 Å². The minimum Gasteiger partial charge on any atom is -0.497 e. The fourth-order valence-electron chi connectivity index (χ4n) is 3.54. The summed E-state index contributed by atoms with van der Waals surface area (Å²) in [5.74, 6) is 0.862. The van der Waals surface area contributed by atoms with Crippen LogP contribution >= 0.6 is 15.9 Å². The van der Waals surface area contributed by atoms with Gasteiger partial charge >= 0.3 is 5.97 Å². The number of methoxy groups -OCH3 is 2. The highest BCUT2D eigenvalue weighted by molar-refractivity contribution is 9.10. The quantitative estimate of drug-likeness (QED) is 0.586. The largest absolute Gasteiger partial charge is 0.497 e. The van der Waals surface area contributed by atoms with Crippen LogP contribution in [0.3, 0.4) is 0 Å². The summed E-state index contributed by atoms with van der Waals surface area (Å²) in [5, 5.41) is 2.16. The molecule has 5 heteroatoms. The summed E-state index contributed by atoms with van der Waals surface area (Å²) in [4.78, 5) is 12.4. The molecule has 0 spiro atoms. The monoisotopic (exact) mass is 412 g/mol. The zero-order chi connectivity index (χ0) is 18.3. The van der Waals surface area contributed by atoms with Gasteiger partial charge in [-0.3, -0.25) is 0 Å². The van der Waals surface area contributed by atoms with E-state index in [0.29, 0.717) is 0 Å². The lowest BCUT2D eigenvalue weighted by Gasteiger charge is -2.18. The third-order valence-corrected chi connectivity index (χ3v) is 5.25. The van der Waals surface area contributed by atoms with Crippen LogP contribution in [0, 0.1) is 0 Å². The Morgan fingerprint density at radius 1 is 1.04 bits per heavy atom. The second-order valence-electron chi connectivity index (χ2n) is 6.16. The molecule has 0 bridgehead atoms. The van der Waals surface area contributed by atoms with Gasteiger partial charge in [-0.25, -0.2) is 4.79 Å². The van der Waals surface area contributed by atoms with Gasteiger partial charge in [0.2, 0.25) is 6.10 Å². The maximum atomic E-state index is 12.4. The number of rotatable bonds is 3. The molecule has 4 rings (SSSR count). The van der Waals surface area contributed by atoms with Crippen molar-refractivity contribution in [3.05, 3.63) is 70.2 Å². The molecule has 1 heterocycles. The van der Waals surface area contributed by atoms with Crippen molar-refractivity contribution in [3.63, 3.8) is 0 Å². The van der Waals surface area contributed by atoms with Gasteiger partial charge in [-0.15, -0.1) is 0 Å². The van der Waals surface area contributed by atoms with Gasteiger partial charge in [0, 0.05) is 10.0 Å². The molecule has 0 unspecified atom stereocenters. The van der Waals surface area contributed by atoms with Crippen molar-refractivity contribution in [2.45, 2.75) is 12.0 Å². The van der Waals surface area contributed by atoms with E-state index in [4.69, 9.17) is 14.2 Å². The first kappa shape index (κ1) is 16.9. The van der Waals surface area contributed by atoms with Crippen LogP contribution < -0.4 is 9.47 Å². The van der Waals surface area contributed by atoms with Crippen molar-refractivity contribution in [1.82, 2.24) is 0 Å². The lowest BCUT2D eigenvalue weighted by Crippen LogP contribution is -2.30. The van der Waals surface area contributed by atoms with Gasteiger partial charge in [0.1, 0.15) is 11.5 Å². The van der Waals surface area contributed by atoms with E-state index in [1.807, 2.05) is 42.5 Å². The Hall–Kier alpha value is -2.53. The highest BCUT2D eigenvalue weighted by Gasteiger charge is 2.42. The second-order valence-corrected chi connectivity index (χ2v) is 7.07. The van der Waals surface area contributed by atoms with Crippen molar-refractivity contribution < 1.29 is 19.0 Å². The van der Waals surface area contributed by atoms with Crippen molar-refractivity contribution in [1.29, 1.82) is 0 Å². The smallest absolute Gasteiger partial charge is 0.348 e. The van der Waals surface area contributed by atoms with Gasteiger partial charge in [0.05, 0.1) is 20.1 Å². The molecule has 1 aliphatic heterocycles. The van der Waals surface area contributed by atoms with Crippen LogP contribution in [0.2, 0.25) is 0 Å². The molecule has 0 radical (unpaired) electrons. The first-order valence-electron chi connectivity index (χ1n) is 8.23. The summed E-state index contributed by atoms with van der Waals surface area (Å²) < 4.78 is 17.3. The molecule has 3 aromatic carbocycles. The lowest BCUT2D eigenvalue weighted by molar-refractivity contribution is -0.148. The normalized spacial score (nSPS) is 18.3. The van der Waals surface area contributed by atoms with Crippen LogP contribution in [0.5, 0.6) is 11.5 Å². The Bertz CT molecular complexity index is 981. The Morgan fingerprint density at radius 3 is 2.50 bits per heavy atom. The number of carbonyl (C=O) groups excluding carboxylic acids is 1. The molecule has 0 saturated carbocycles. The first-order valence-corrected chi connectivity index (χ1v) is 9.02. The maximum Gasteiger partial charge on any atom is 0.348 e. The number of hydrogen-bond donors (Lipinski definition) is 0. The number of hydrogen-bond acceptors (Lipinski definition) is 4. The molecule has 0 saturated heterocycles. The lowest BCUT2D eigenvalue weighted by atomic mass is 9.85. The predicted molar refractivity (Wildman–Crippen MR) is 103 cm³/mol. The molecule has 132 valence electrons. The summed E-state index contributed by atoms with van der Waals surface area (Å²) >= 11 is 3.52. The Morgan fingerprint density at radius 2 is 1.81 bits per heavy atom. The molecule has 0 fully saturated rings. The minimum atomic E-state index is -0.711. The van der Waals surface area contributed by atoms with Crippen molar-refractivity contribution in [2.24, 2.45) is 0 Å². The molecule has 4 nitrogen and oxygen atoms in total. The van der Waals surface area contributed by atoms with Gasteiger partial charge in [-0.1, -0.05) is 40.2 Å². The SMILES string of the molecule is COC(=O)[C@H]1Oc2ccc3cc(Br)ccc3c2[C@@H]1c1ccc(OC)cc1. The van der Waals surface area contributed by atoms with E-state index in [1.165, 1.54) is 7.11 Å². The van der Waals surface area contributed by atoms with E-state index in [2.05, 4.69) is 28.1 Å². The van der Waals surface area contributed by atoms with Crippen LogP contribution in [0.4, 0.5) is 0 Å². The third kappa shape index (κ3) is 2.72. The van der Waals surface area contributed by atoms with E-state index >= 15 is 0 Å². The van der Waals surface area contributed by atoms with E-state index in [0.717, 1.165) is 37.9 Å². The molecule has 0 aliphatic carbocycles. The highest BCUT2D eigenvalue weighted by Crippen LogP contribution is 2.47. The number of esters is 1. The molecule has 26 heavy (non-hydrogen) atoms. The van der Waals surface area contributed by atoms with Crippen molar-refractivity contribution in [2.75, 3.05) is 14.2 Å². The summed E-state index contributed by atoms with van der Waals surface area (Å²) in [6.07, 6.45) is -0.711. The maximum absolute atomic E-state index is 12.4. The van der Waals surface area contributed by atoms with Gasteiger partial charge in [-0.2, -0.15) is 0 Å². The van der Waals surface area contributed by atoms with Crippen LogP contribution in [-0.2, 0) is 9.53 Å². The Balaban J connectivity index is 1.92. The van der Waals surface area contributed by atoms with E-state index in [1.54, 1.807) is 7.11 Å². The summed E-state index contributed by atoms with van der Waals surface area (Å²) in [6.45, 7) is 0. The van der Waals surface area contributed by atoms with Gasteiger partial charge in [0.25, 0.3) is 0 Å². The van der Waals surface area contributed by atoms with Crippen molar-refractivity contribution in [3.8, 4) is 11.5 Å². The molecular weight excluding hydrogens is 396 g/mol. The molecule has 0 N–H and O–H groups in total. The van der Waals surface area contributed by atoms with E-state index < -0.39 is 6.10 Å². The number of ether oxygens (including phenoxy) is 3. The van der Waals surface area contributed by atoms with Crippen LogP contribution in [0.1, 0.15) is 17.0 Å². The van der Waals surface area contributed by atoms with Crippen LogP contribution in [0.25, 0.3) is 10.8 Å². The summed E-state index contributed by atoms with van der Waals surface area (Å²) in [5.41, 5.74) is 1.99. The second kappa shape index (κ2) is 6.65. The molecule has 2 atom stereocenters. The average molecular weight is 413 g/mol. The predicted octanol–water partition coefficient (Wildman–Crippen LogP) is 4.68. The topological polar surface area (TPSA) is 44.8 Å². The fourth-order valence-corrected chi connectivity index (χ4v) is 3.92. The van der Waals surface area contributed by atoms with Crippen molar-refractivity contribution >= 4 is 32.7 Å². The van der Waals surface area contributed by atoms with Crippen LogP contribution in [0.15, 0.2) is 59.1 Å². The number of benzene rings is 3. The average Bonchev–Trinajstić information content (AvgIpc) is 3.07. The van der Waals surface area contributed by atoms with E-state index in [-0.39, 0.29) is 11.9 Å². The van der Waals surface area contributed by atoms with E-state index in [9.17, 15) is 4.79 Å².